The molecule has 2 aromatic rings. The third-order valence-corrected chi connectivity index (χ3v) is 6.39. The molecule has 162 valence electrons. The third-order valence-electron chi connectivity index (χ3n) is 6.39. The molecule has 1 spiro atoms. The smallest absolute Gasteiger partial charge is 0.225 e. The minimum atomic E-state index is -1.44. The molecule has 0 saturated carbocycles. The minimum Gasteiger partial charge on any atom is -0.388 e. The van der Waals surface area contributed by atoms with Crippen LogP contribution in [0.5, 0.6) is 0 Å². The molecule has 2 heterocycles. The molecule has 2 aliphatic heterocycles. The summed E-state index contributed by atoms with van der Waals surface area (Å²) in [4.78, 5) is 0. The highest BCUT2D eigenvalue weighted by Crippen LogP contribution is 2.46. The van der Waals surface area contributed by atoms with Crippen LogP contribution in [0.3, 0.4) is 0 Å². The second kappa shape index (κ2) is 8.40. The predicted molar refractivity (Wildman–Crippen MR) is 114 cm³/mol. The molecule has 30 heavy (non-hydrogen) atoms. The van der Waals surface area contributed by atoms with Crippen molar-refractivity contribution in [2.45, 2.75) is 82.8 Å². The van der Waals surface area contributed by atoms with E-state index >= 15 is 0 Å². The predicted octanol–water partition coefficient (Wildman–Crippen LogP) is 3.37. The van der Waals surface area contributed by atoms with Crippen LogP contribution < -0.4 is 0 Å². The maximum Gasteiger partial charge on any atom is 0.225 e. The number of hydrogen-bond acceptors (Lipinski definition) is 5. The summed E-state index contributed by atoms with van der Waals surface area (Å²) in [5.41, 5.74) is 5.29. The number of fused-ring (bicyclic) bond motifs is 2. The monoisotopic (exact) mass is 412 g/mol. The lowest BCUT2D eigenvalue weighted by Crippen LogP contribution is -2.62. The molecule has 1 fully saturated rings. The first-order valence-corrected chi connectivity index (χ1v) is 10.9. The number of aliphatic hydroxyl groups is 3. The molecule has 1 unspecified atom stereocenters. The second-order valence-corrected chi connectivity index (χ2v) is 8.89. The first-order chi connectivity index (χ1) is 14.4. The van der Waals surface area contributed by atoms with Gasteiger partial charge in [-0.1, -0.05) is 63.6 Å². The molecule has 0 radical (unpaired) electrons. The SMILES string of the molecule is CCCC1O[C@]2(OCc3ccc(Cc4ccc(C(C)C)cc4)cc32)[C@H](O)[C@@H](O)[C@@H]1O. The molecular weight excluding hydrogens is 380 g/mol. The number of hydrogen-bond donors (Lipinski definition) is 3. The number of ether oxygens (including phenoxy) is 2. The summed E-state index contributed by atoms with van der Waals surface area (Å²) in [6, 6.07) is 14.7. The van der Waals surface area contributed by atoms with Gasteiger partial charge in [-0.2, -0.15) is 0 Å². The van der Waals surface area contributed by atoms with Crippen LogP contribution >= 0.6 is 0 Å². The zero-order valence-electron chi connectivity index (χ0n) is 17.9. The lowest BCUT2D eigenvalue weighted by atomic mass is 9.85. The average molecular weight is 413 g/mol. The maximum absolute atomic E-state index is 10.8. The Kier molecular flexibility index (Phi) is 6.02. The summed E-state index contributed by atoms with van der Waals surface area (Å²) in [7, 11) is 0. The van der Waals surface area contributed by atoms with Gasteiger partial charge in [0.15, 0.2) is 0 Å². The van der Waals surface area contributed by atoms with Gasteiger partial charge in [0, 0.05) is 5.56 Å². The van der Waals surface area contributed by atoms with Gasteiger partial charge < -0.3 is 24.8 Å². The van der Waals surface area contributed by atoms with Crippen LogP contribution in [-0.4, -0.2) is 39.7 Å². The summed E-state index contributed by atoms with van der Waals surface area (Å²) in [6.45, 7) is 6.66. The quantitative estimate of drug-likeness (QED) is 0.702. The summed E-state index contributed by atoms with van der Waals surface area (Å²) >= 11 is 0. The molecule has 3 N–H and O–H groups in total. The van der Waals surface area contributed by atoms with Crippen LogP contribution in [0, 0.1) is 0 Å². The summed E-state index contributed by atoms with van der Waals surface area (Å²) in [6.07, 6.45) is -2.29. The van der Waals surface area contributed by atoms with E-state index in [2.05, 4.69) is 44.2 Å². The molecule has 5 atom stereocenters. The number of benzene rings is 2. The fourth-order valence-corrected chi connectivity index (χ4v) is 4.55. The van der Waals surface area contributed by atoms with Crippen molar-refractivity contribution in [1.29, 1.82) is 0 Å². The Labute approximate surface area is 178 Å². The summed E-state index contributed by atoms with van der Waals surface area (Å²) < 4.78 is 12.1. The molecule has 0 bridgehead atoms. The van der Waals surface area contributed by atoms with Gasteiger partial charge in [-0.3, -0.25) is 0 Å². The largest absolute Gasteiger partial charge is 0.388 e. The van der Waals surface area contributed by atoms with Crippen LogP contribution in [0.15, 0.2) is 42.5 Å². The third kappa shape index (κ3) is 3.70. The zero-order chi connectivity index (χ0) is 21.5. The van der Waals surface area contributed by atoms with E-state index in [4.69, 9.17) is 9.47 Å². The van der Waals surface area contributed by atoms with E-state index in [1.54, 1.807) is 0 Å². The van der Waals surface area contributed by atoms with Crippen molar-refractivity contribution in [3.05, 3.63) is 70.3 Å². The van der Waals surface area contributed by atoms with Gasteiger partial charge in [-0.05, 0) is 47.1 Å². The standard InChI is InChI=1S/C25H32O5/c1-4-5-21-22(26)23(27)24(28)25(30-21)20-13-17(8-11-19(20)14-29-25)12-16-6-9-18(10-7-16)15(2)3/h6-11,13,15,21-24,26-28H,4-5,12,14H2,1-3H3/t21?,22-,23+,24-,25+/m1/s1. The van der Waals surface area contributed by atoms with Crippen molar-refractivity contribution in [3.63, 3.8) is 0 Å². The van der Waals surface area contributed by atoms with E-state index in [0.29, 0.717) is 18.9 Å². The van der Waals surface area contributed by atoms with Crippen LogP contribution in [0.4, 0.5) is 0 Å². The Balaban J connectivity index is 1.63. The highest BCUT2D eigenvalue weighted by molar-refractivity contribution is 5.41. The maximum atomic E-state index is 10.8. The Bertz CT molecular complexity index is 878. The van der Waals surface area contributed by atoms with Gasteiger partial charge in [-0.25, -0.2) is 0 Å². The Morgan fingerprint density at radius 1 is 1.00 bits per heavy atom. The highest BCUT2D eigenvalue weighted by Gasteiger charge is 2.58. The van der Waals surface area contributed by atoms with E-state index in [-0.39, 0.29) is 0 Å². The van der Waals surface area contributed by atoms with Gasteiger partial charge in [0.05, 0.1) is 12.7 Å². The van der Waals surface area contributed by atoms with Crippen LogP contribution in [0.2, 0.25) is 0 Å². The van der Waals surface area contributed by atoms with Crippen LogP contribution in [0.25, 0.3) is 0 Å². The molecule has 1 saturated heterocycles. The van der Waals surface area contributed by atoms with Crippen molar-refractivity contribution in [2.75, 3.05) is 0 Å². The summed E-state index contributed by atoms with van der Waals surface area (Å²) in [5, 5.41) is 31.7. The van der Waals surface area contributed by atoms with E-state index in [1.807, 2.05) is 19.1 Å². The highest BCUT2D eigenvalue weighted by atomic mass is 16.7. The van der Waals surface area contributed by atoms with Crippen molar-refractivity contribution >= 4 is 0 Å². The average Bonchev–Trinajstić information content (AvgIpc) is 3.10. The fraction of sp³-hybridized carbons (Fsp3) is 0.520. The second-order valence-electron chi connectivity index (χ2n) is 8.89. The lowest BCUT2D eigenvalue weighted by Gasteiger charge is -2.46. The molecule has 5 nitrogen and oxygen atoms in total. The molecular formula is C25H32O5. The van der Waals surface area contributed by atoms with E-state index < -0.39 is 30.2 Å². The van der Waals surface area contributed by atoms with Gasteiger partial charge in [0.2, 0.25) is 5.79 Å². The summed E-state index contributed by atoms with van der Waals surface area (Å²) in [5.74, 6) is -0.940. The van der Waals surface area contributed by atoms with E-state index in [9.17, 15) is 15.3 Å². The number of rotatable bonds is 5. The first-order valence-electron chi connectivity index (χ1n) is 10.9. The van der Waals surface area contributed by atoms with Crippen molar-refractivity contribution < 1.29 is 24.8 Å². The number of aliphatic hydroxyl groups excluding tert-OH is 3. The Hall–Kier alpha value is -1.76. The first kappa shape index (κ1) is 21.5. The minimum absolute atomic E-state index is 0.303. The Morgan fingerprint density at radius 2 is 1.70 bits per heavy atom. The van der Waals surface area contributed by atoms with Gasteiger partial charge in [0.1, 0.15) is 18.3 Å². The van der Waals surface area contributed by atoms with Crippen molar-refractivity contribution in [2.24, 2.45) is 0 Å². The molecule has 4 rings (SSSR count). The van der Waals surface area contributed by atoms with Crippen molar-refractivity contribution in [3.8, 4) is 0 Å². The molecule has 0 amide bonds. The van der Waals surface area contributed by atoms with Crippen LogP contribution in [-0.2, 0) is 28.3 Å². The van der Waals surface area contributed by atoms with Crippen LogP contribution in [0.1, 0.15) is 67.3 Å². The van der Waals surface area contributed by atoms with Gasteiger partial charge >= 0.3 is 0 Å². The van der Waals surface area contributed by atoms with E-state index in [0.717, 1.165) is 29.5 Å². The van der Waals surface area contributed by atoms with Gasteiger partial charge in [0.25, 0.3) is 0 Å². The zero-order valence-corrected chi connectivity index (χ0v) is 17.9. The van der Waals surface area contributed by atoms with Crippen molar-refractivity contribution in [1.82, 2.24) is 0 Å². The van der Waals surface area contributed by atoms with E-state index in [1.165, 1.54) is 11.1 Å². The normalized spacial score (nSPS) is 30.8. The molecule has 5 heteroatoms. The topological polar surface area (TPSA) is 79.2 Å². The lowest BCUT2D eigenvalue weighted by molar-refractivity contribution is -0.366. The van der Waals surface area contributed by atoms with Gasteiger partial charge in [-0.15, -0.1) is 0 Å². The fourth-order valence-electron chi connectivity index (χ4n) is 4.55. The molecule has 0 aromatic heterocycles. The molecule has 2 aromatic carbocycles. The Morgan fingerprint density at radius 3 is 2.37 bits per heavy atom. The molecule has 2 aliphatic rings. The molecule has 0 aliphatic carbocycles.